The monoisotopic (exact) mass is 238 g/mol. The SMILES string of the molecule is CC(C)(C)C(O)CNCc1cc(C#N)cs1. The number of hydrogen-bond acceptors (Lipinski definition) is 4. The molecule has 0 saturated carbocycles. The molecule has 0 aromatic carbocycles. The molecule has 0 saturated heterocycles. The van der Waals surface area contributed by atoms with Crippen molar-refractivity contribution in [2.24, 2.45) is 5.41 Å². The van der Waals surface area contributed by atoms with Gasteiger partial charge in [-0.15, -0.1) is 11.3 Å². The quantitative estimate of drug-likeness (QED) is 0.844. The highest BCUT2D eigenvalue weighted by Gasteiger charge is 2.21. The van der Waals surface area contributed by atoms with Crippen molar-refractivity contribution in [3.8, 4) is 6.07 Å². The Morgan fingerprint density at radius 1 is 1.56 bits per heavy atom. The van der Waals surface area contributed by atoms with Crippen molar-refractivity contribution < 1.29 is 5.11 Å². The minimum absolute atomic E-state index is 0.0970. The van der Waals surface area contributed by atoms with E-state index in [-0.39, 0.29) is 11.5 Å². The van der Waals surface area contributed by atoms with E-state index in [0.29, 0.717) is 18.7 Å². The Bertz CT molecular complexity index is 373. The van der Waals surface area contributed by atoms with E-state index in [1.165, 1.54) is 0 Å². The van der Waals surface area contributed by atoms with Gasteiger partial charge in [-0.1, -0.05) is 20.8 Å². The number of thiophene rings is 1. The molecular formula is C12H18N2OS. The molecule has 0 fully saturated rings. The first-order valence-corrected chi connectivity index (χ1v) is 6.17. The van der Waals surface area contributed by atoms with Gasteiger partial charge in [0.15, 0.2) is 0 Å². The molecule has 1 atom stereocenters. The summed E-state index contributed by atoms with van der Waals surface area (Å²) in [6.07, 6.45) is -0.358. The van der Waals surface area contributed by atoms with Gasteiger partial charge in [0.1, 0.15) is 6.07 Å². The van der Waals surface area contributed by atoms with E-state index in [2.05, 4.69) is 11.4 Å². The maximum Gasteiger partial charge on any atom is 0.100 e. The smallest absolute Gasteiger partial charge is 0.100 e. The summed E-state index contributed by atoms with van der Waals surface area (Å²) in [6, 6.07) is 3.98. The molecule has 0 aliphatic rings. The maximum absolute atomic E-state index is 9.80. The maximum atomic E-state index is 9.80. The minimum atomic E-state index is -0.358. The van der Waals surface area contributed by atoms with Crippen molar-refractivity contribution in [2.75, 3.05) is 6.54 Å². The average Bonchev–Trinajstić information content (AvgIpc) is 2.64. The largest absolute Gasteiger partial charge is 0.391 e. The molecule has 1 heterocycles. The van der Waals surface area contributed by atoms with Crippen LogP contribution in [0.1, 0.15) is 31.2 Å². The van der Waals surface area contributed by atoms with E-state index < -0.39 is 0 Å². The minimum Gasteiger partial charge on any atom is -0.391 e. The Labute approximate surface area is 101 Å². The fourth-order valence-electron chi connectivity index (χ4n) is 1.17. The van der Waals surface area contributed by atoms with Crippen molar-refractivity contribution in [2.45, 2.75) is 33.4 Å². The van der Waals surface area contributed by atoms with Gasteiger partial charge in [-0.3, -0.25) is 0 Å². The Morgan fingerprint density at radius 2 is 2.25 bits per heavy atom. The zero-order valence-corrected chi connectivity index (χ0v) is 10.8. The van der Waals surface area contributed by atoms with Gasteiger partial charge in [-0.25, -0.2) is 0 Å². The summed E-state index contributed by atoms with van der Waals surface area (Å²) in [5, 5.41) is 23.5. The van der Waals surface area contributed by atoms with Gasteiger partial charge in [0.2, 0.25) is 0 Å². The highest BCUT2D eigenvalue weighted by atomic mass is 32.1. The van der Waals surface area contributed by atoms with Crippen LogP contribution < -0.4 is 5.32 Å². The molecule has 0 spiro atoms. The zero-order chi connectivity index (χ0) is 12.2. The third kappa shape index (κ3) is 3.93. The van der Waals surface area contributed by atoms with Crippen LogP contribution in [-0.2, 0) is 6.54 Å². The zero-order valence-electron chi connectivity index (χ0n) is 9.95. The molecule has 4 heteroatoms. The van der Waals surface area contributed by atoms with Gasteiger partial charge in [0, 0.05) is 23.3 Å². The van der Waals surface area contributed by atoms with Crippen molar-refractivity contribution >= 4 is 11.3 Å². The first kappa shape index (κ1) is 13.2. The van der Waals surface area contributed by atoms with Crippen molar-refractivity contribution in [1.82, 2.24) is 5.32 Å². The van der Waals surface area contributed by atoms with Crippen LogP contribution in [0.2, 0.25) is 0 Å². The van der Waals surface area contributed by atoms with Gasteiger partial charge >= 0.3 is 0 Å². The number of rotatable bonds is 4. The second kappa shape index (κ2) is 5.44. The molecule has 1 rings (SSSR count). The number of nitrogens with zero attached hydrogens (tertiary/aromatic N) is 1. The molecule has 0 aliphatic heterocycles. The third-order valence-electron chi connectivity index (χ3n) is 2.42. The Kier molecular flexibility index (Phi) is 4.48. The summed E-state index contributed by atoms with van der Waals surface area (Å²) in [5.41, 5.74) is 0.610. The highest BCUT2D eigenvalue weighted by Crippen LogP contribution is 2.18. The van der Waals surface area contributed by atoms with Gasteiger partial charge in [-0.05, 0) is 11.5 Å². The average molecular weight is 238 g/mol. The number of aliphatic hydroxyl groups excluding tert-OH is 1. The highest BCUT2D eigenvalue weighted by molar-refractivity contribution is 7.10. The second-order valence-electron chi connectivity index (χ2n) is 4.93. The lowest BCUT2D eigenvalue weighted by molar-refractivity contribution is 0.0628. The number of aliphatic hydroxyl groups is 1. The van der Waals surface area contributed by atoms with Crippen LogP contribution >= 0.6 is 11.3 Å². The lowest BCUT2D eigenvalue weighted by Gasteiger charge is -2.25. The molecule has 88 valence electrons. The Morgan fingerprint density at radius 3 is 2.75 bits per heavy atom. The molecule has 0 aliphatic carbocycles. The summed E-state index contributed by atoms with van der Waals surface area (Å²) >= 11 is 1.57. The van der Waals surface area contributed by atoms with Gasteiger partial charge in [0.25, 0.3) is 0 Å². The molecule has 1 aromatic rings. The van der Waals surface area contributed by atoms with Crippen LogP contribution in [0.25, 0.3) is 0 Å². The Balaban J connectivity index is 2.34. The predicted octanol–water partition coefficient (Wildman–Crippen LogP) is 2.12. The van der Waals surface area contributed by atoms with Crippen molar-refractivity contribution in [1.29, 1.82) is 5.26 Å². The predicted molar refractivity (Wildman–Crippen MR) is 66.2 cm³/mol. The number of nitriles is 1. The third-order valence-corrected chi connectivity index (χ3v) is 3.36. The fraction of sp³-hybridized carbons (Fsp3) is 0.583. The molecule has 0 bridgehead atoms. The van der Waals surface area contributed by atoms with Crippen LogP contribution in [0.5, 0.6) is 0 Å². The summed E-state index contributed by atoms with van der Waals surface area (Å²) in [5.74, 6) is 0. The lowest BCUT2D eigenvalue weighted by Crippen LogP contribution is -2.36. The topological polar surface area (TPSA) is 56.0 Å². The first-order valence-electron chi connectivity index (χ1n) is 5.30. The number of nitrogens with one attached hydrogen (secondary N) is 1. The van der Waals surface area contributed by atoms with Crippen molar-refractivity contribution in [3.63, 3.8) is 0 Å². The van der Waals surface area contributed by atoms with Crippen LogP contribution in [0.15, 0.2) is 11.4 Å². The molecule has 2 N–H and O–H groups in total. The molecular weight excluding hydrogens is 220 g/mol. The normalized spacial score (nSPS) is 13.4. The molecule has 1 aromatic heterocycles. The van der Waals surface area contributed by atoms with E-state index in [1.54, 1.807) is 11.3 Å². The van der Waals surface area contributed by atoms with Crippen LogP contribution in [0.4, 0.5) is 0 Å². The van der Waals surface area contributed by atoms with Gasteiger partial charge < -0.3 is 10.4 Å². The van der Waals surface area contributed by atoms with Gasteiger partial charge in [0.05, 0.1) is 11.7 Å². The van der Waals surface area contributed by atoms with Crippen LogP contribution in [-0.4, -0.2) is 17.8 Å². The summed E-state index contributed by atoms with van der Waals surface area (Å²) < 4.78 is 0. The van der Waals surface area contributed by atoms with Crippen molar-refractivity contribution in [3.05, 3.63) is 21.9 Å². The van der Waals surface area contributed by atoms with Gasteiger partial charge in [-0.2, -0.15) is 5.26 Å². The summed E-state index contributed by atoms with van der Waals surface area (Å²) in [7, 11) is 0. The summed E-state index contributed by atoms with van der Waals surface area (Å²) in [4.78, 5) is 1.12. The molecule has 0 radical (unpaired) electrons. The molecule has 16 heavy (non-hydrogen) atoms. The fourth-order valence-corrected chi connectivity index (χ4v) is 1.95. The molecule has 0 amide bonds. The summed E-state index contributed by atoms with van der Waals surface area (Å²) in [6.45, 7) is 7.32. The molecule has 1 unspecified atom stereocenters. The lowest BCUT2D eigenvalue weighted by atomic mass is 9.89. The van der Waals surface area contributed by atoms with E-state index in [1.807, 2.05) is 32.2 Å². The van der Waals surface area contributed by atoms with Crippen LogP contribution in [0, 0.1) is 16.7 Å². The standard InChI is InChI=1S/C12H18N2OS/c1-12(2,3)11(15)7-14-6-10-4-9(5-13)8-16-10/h4,8,11,14-15H,6-7H2,1-3H3. The Hall–Kier alpha value is -0.890. The second-order valence-corrected chi connectivity index (χ2v) is 5.92. The van der Waals surface area contributed by atoms with E-state index in [4.69, 9.17) is 5.26 Å². The van der Waals surface area contributed by atoms with E-state index in [0.717, 1.165) is 4.88 Å². The van der Waals surface area contributed by atoms with Crippen LogP contribution in [0.3, 0.4) is 0 Å². The van der Waals surface area contributed by atoms with E-state index in [9.17, 15) is 5.11 Å². The number of hydrogen-bond donors (Lipinski definition) is 2. The first-order chi connectivity index (χ1) is 7.43. The molecule has 3 nitrogen and oxygen atoms in total. The van der Waals surface area contributed by atoms with E-state index >= 15 is 0 Å².